The summed E-state index contributed by atoms with van der Waals surface area (Å²) in [6.07, 6.45) is 0.162. The number of amides is 1. The number of hydrogen-bond donors (Lipinski definition) is 0. The fourth-order valence-corrected chi connectivity index (χ4v) is 3.28. The van der Waals surface area contributed by atoms with Crippen LogP contribution in [-0.4, -0.2) is 79.1 Å². The highest BCUT2D eigenvalue weighted by Gasteiger charge is 2.24. The Morgan fingerprint density at radius 3 is 2.48 bits per heavy atom. The largest absolute Gasteiger partial charge is 0.375 e. The van der Waals surface area contributed by atoms with Crippen molar-refractivity contribution in [2.45, 2.75) is 19.6 Å². The van der Waals surface area contributed by atoms with Crippen molar-refractivity contribution in [3.05, 3.63) is 35.9 Å². The van der Waals surface area contributed by atoms with Gasteiger partial charge in [-0.05, 0) is 12.5 Å². The van der Waals surface area contributed by atoms with Gasteiger partial charge in [0, 0.05) is 45.8 Å². The maximum Gasteiger partial charge on any atom is 0.236 e. The number of piperazine rings is 1. The van der Waals surface area contributed by atoms with Gasteiger partial charge in [0.1, 0.15) is 0 Å². The standard InChI is InChI=1S/C18H27N3O2/c1-16-13-21(11-12-23-16)18(22)15-20-9-7-19(8-10-20)14-17-5-3-2-4-6-17/h2-6,16H,7-15H2,1H3. The van der Waals surface area contributed by atoms with Gasteiger partial charge in [-0.2, -0.15) is 0 Å². The zero-order valence-corrected chi connectivity index (χ0v) is 14.0. The number of hydrogen-bond acceptors (Lipinski definition) is 4. The van der Waals surface area contributed by atoms with Gasteiger partial charge >= 0.3 is 0 Å². The third kappa shape index (κ3) is 4.77. The fourth-order valence-electron chi connectivity index (χ4n) is 3.28. The van der Waals surface area contributed by atoms with E-state index >= 15 is 0 Å². The van der Waals surface area contributed by atoms with Crippen LogP contribution in [0, 0.1) is 0 Å². The minimum absolute atomic E-state index is 0.162. The molecule has 2 aliphatic rings. The summed E-state index contributed by atoms with van der Waals surface area (Å²) in [4.78, 5) is 19.1. The molecule has 0 saturated carbocycles. The molecule has 1 aromatic rings. The van der Waals surface area contributed by atoms with Gasteiger partial charge in [0.25, 0.3) is 0 Å². The Labute approximate surface area is 138 Å². The van der Waals surface area contributed by atoms with Crippen LogP contribution in [0.1, 0.15) is 12.5 Å². The highest BCUT2D eigenvalue weighted by atomic mass is 16.5. The van der Waals surface area contributed by atoms with Crippen molar-refractivity contribution in [3.63, 3.8) is 0 Å². The van der Waals surface area contributed by atoms with E-state index in [4.69, 9.17) is 4.74 Å². The number of rotatable bonds is 4. The van der Waals surface area contributed by atoms with Crippen LogP contribution in [0.2, 0.25) is 0 Å². The van der Waals surface area contributed by atoms with Gasteiger partial charge < -0.3 is 9.64 Å². The van der Waals surface area contributed by atoms with Crippen LogP contribution in [-0.2, 0) is 16.1 Å². The summed E-state index contributed by atoms with van der Waals surface area (Å²) in [7, 11) is 0. The van der Waals surface area contributed by atoms with Gasteiger partial charge in [0.05, 0.1) is 19.3 Å². The van der Waals surface area contributed by atoms with E-state index < -0.39 is 0 Å². The molecule has 1 amide bonds. The minimum atomic E-state index is 0.162. The van der Waals surface area contributed by atoms with E-state index in [1.54, 1.807) is 0 Å². The zero-order chi connectivity index (χ0) is 16.1. The first-order chi connectivity index (χ1) is 11.2. The van der Waals surface area contributed by atoms with Crippen LogP contribution in [0.3, 0.4) is 0 Å². The van der Waals surface area contributed by atoms with Crippen molar-refractivity contribution < 1.29 is 9.53 Å². The number of nitrogens with zero attached hydrogens (tertiary/aromatic N) is 3. The average molecular weight is 317 g/mol. The number of ether oxygens (including phenoxy) is 1. The Bertz CT molecular complexity index is 500. The number of carbonyl (C=O) groups is 1. The van der Waals surface area contributed by atoms with E-state index in [-0.39, 0.29) is 12.0 Å². The second-order valence-corrected chi connectivity index (χ2v) is 6.56. The first kappa shape index (κ1) is 16.4. The normalized spacial score (nSPS) is 23.9. The molecular formula is C18H27N3O2. The lowest BCUT2D eigenvalue weighted by molar-refractivity contribution is -0.139. The van der Waals surface area contributed by atoms with Gasteiger partial charge in [-0.15, -0.1) is 0 Å². The van der Waals surface area contributed by atoms with Gasteiger partial charge in [-0.3, -0.25) is 14.6 Å². The monoisotopic (exact) mass is 317 g/mol. The van der Waals surface area contributed by atoms with Crippen molar-refractivity contribution >= 4 is 5.91 Å². The highest BCUT2D eigenvalue weighted by Crippen LogP contribution is 2.10. The molecule has 0 aromatic heterocycles. The maximum absolute atomic E-state index is 12.4. The maximum atomic E-state index is 12.4. The van der Waals surface area contributed by atoms with Crippen LogP contribution in [0.25, 0.3) is 0 Å². The van der Waals surface area contributed by atoms with Crippen LogP contribution in [0.15, 0.2) is 30.3 Å². The molecule has 2 saturated heterocycles. The molecule has 0 N–H and O–H groups in total. The molecule has 2 heterocycles. The zero-order valence-electron chi connectivity index (χ0n) is 14.0. The molecule has 5 nitrogen and oxygen atoms in total. The topological polar surface area (TPSA) is 36.0 Å². The Morgan fingerprint density at radius 1 is 1.09 bits per heavy atom. The lowest BCUT2D eigenvalue weighted by Gasteiger charge is -2.37. The summed E-state index contributed by atoms with van der Waals surface area (Å²) < 4.78 is 5.50. The quantitative estimate of drug-likeness (QED) is 0.832. The molecule has 0 aliphatic carbocycles. The first-order valence-electron chi connectivity index (χ1n) is 8.59. The van der Waals surface area contributed by atoms with Gasteiger partial charge in [0.15, 0.2) is 0 Å². The van der Waals surface area contributed by atoms with Gasteiger partial charge in [0.2, 0.25) is 5.91 Å². The number of morpholine rings is 1. The second kappa shape index (κ2) is 7.90. The summed E-state index contributed by atoms with van der Waals surface area (Å²) in [5.74, 6) is 0.247. The summed E-state index contributed by atoms with van der Waals surface area (Å²) in [5.41, 5.74) is 1.36. The Kier molecular flexibility index (Phi) is 5.65. The van der Waals surface area contributed by atoms with Gasteiger partial charge in [-0.1, -0.05) is 30.3 Å². The molecule has 1 aromatic carbocycles. The van der Waals surface area contributed by atoms with E-state index in [9.17, 15) is 4.79 Å². The van der Waals surface area contributed by atoms with Crippen molar-refractivity contribution in [3.8, 4) is 0 Å². The first-order valence-corrected chi connectivity index (χ1v) is 8.59. The molecule has 126 valence electrons. The smallest absolute Gasteiger partial charge is 0.236 e. The third-order valence-electron chi connectivity index (χ3n) is 4.67. The predicted octanol–water partition coefficient (Wildman–Crippen LogP) is 1.05. The SMILES string of the molecule is CC1CN(C(=O)CN2CCN(Cc3ccccc3)CC2)CCO1. The van der Waals surface area contributed by atoms with Crippen LogP contribution in [0.4, 0.5) is 0 Å². The number of carbonyl (C=O) groups excluding carboxylic acids is 1. The Balaban J connectivity index is 1.41. The summed E-state index contributed by atoms with van der Waals surface area (Å²) in [5, 5.41) is 0. The van der Waals surface area contributed by atoms with Crippen LogP contribution in [0.5, 0.6) is 0 Å². The summed E-state index contributed by atoms with van der Waals surface area (Å²) in [6.45, 7) is 9.71. The van der Waals surface area contributed by atoms with Crippen LogP contribution >= 0.6 is 0 Å². The van der Waals surface area contributed by atoms with Crippen molar-refractivity contribution in [1.29, 1.82) is 0 Å². The minimum Gasteiger partial charge on any atom is -0.375 e. The molecule has 3 rings (SSSR count). The summed E-state index contributed by atoms with van der Waals surface area (Å²) >= 11 is 0. The van der Waals surface area contributed by atoms with E-state index in [0.717, 1.165) is 45.8 Å². The molecule has 0 radical (unpaired) electrons. The van der Waals surface area contributed by atoms with E-state index in [1.165, 1.54) is 5.56 Å². The third-order valence-corrected chi connectivity index (χ3v) is 4.67. The molecule has 2 aliphatic heterocycles. The Hall–Kier alpha value is -1.43. The lowest BCUT2D eigenvalue weighted by atomic mass is 10.2. The summed E-state index contributed by atoms with van der Waals surface area (Å²) in [6, 6.07) is 10.6. The molecular weight excluding hydrogens is 290 g/mol. The molecule has 1 atom stereocenters. The number of benzene rings is 1. The van der Waals surface area contributed by atoms with Crippen molar-refractivity contribution in [2.75, 3.05) is 52.4 Å². The molecule has 23 heavy (non-hydrogen) atoms. The van der Waals surface area contributed by atoms with E-state index in [1.807, 2.05) is 11.8 Å². The van der Waals surface area contributed by atoms with Crippen LogP contribution < -0.4 is 0 Å². The molecule has 0 spiro atoms. The van der Waals surface area contributed by atoms with Gasteiger partial charge in [-0.25, -0.2) is 0 Å². The average Bonchev–Trinajstić information content (AvgIpc) is 2.57. The predicted molar refractivity (Wildman–Crippen MR) is 90.2 cm³/mol. The lowest BCUT2D eigenvalue weighted by Crippen LogP contribution is -2.52. The van der Waals surface area contributed by atoms with Crippen molar-refractivity contribution in [1.82, 2.24) is 14.7 Å². The second-order valence-electron chi connectivity index (χ2n) is 6.56. The molecule has 2 fully saturated rings. The van der Waals surface area contributed by atoms with E-state index in [0.29, 0.717) is 13.2 Å². The van der Waals surface area contributed by atoms with E-state index in [2.05, 4.69) is 40.1 Å². The van der Waals surface area contributed by atoms with Crippen molar-refractivity contribution in [2.24, 2.45) is 0 Å². The molecule has 1 unspecified atom stereocenters. The Morgan fingerprint density at radius 2 is 1.78 bits per heavy atom. The highest BCUT2D eigenvalue weighted by molar-refractivity contribution is 5.78. The fraction of sp³-hybridized carbons (Fsp3) is 0.611. The molecule has 5 heteroatoms. The molecule has 0 bridgehead atoms.